The third-order valence-corrected chi connectivity index (χ3v) is 8.65. The van der Waals surface area contributed by atoms with E-state index in [1.54, 1.807) is 18.2 Å². The molecule has 1 aliphatic heterocycles. The van der Waals surface area contributed by atoms with E-state index in [9.17, 15) is 13.2 Å². The second-order valence-corrected chi connectivity index (χ2v) is 11.0. The van der Waals surface area contributed by atoms with Crippen LogP contribution in [0.15, 0.2) is 53.4 Å². The van der Waals surface area contributed by atoms with Crippen LogP contribution >= 0.6 is 0 Å². The van der Waals surface area contributed by atoms with Gasteiger partial charge in [0.05, 0.1) is 29.1 Å². The van der Waals surface area contributed by atoms with E-state index in [4.69, 9.17) is 9.72 Å². The molecule has 8 nitrogen and oxygen atoms in total. The molecule has 2 aromatic carbocycles. The van der Waals surface area contributed by atoms with E-state index in [-0.39, 0.29) is 16.8 Å². The van der Waals surface area contributed by atoms with Gasteiger partial charge in [-0.05, 0) is 37.1 Å². The highest BCUT2D eigenvalue weighted by atomic mass is 32.2. The summed E-state index contributed by atoms with van der Waals surface area (Å²) in [6.07, 6.45) is 1.70. The van der Waals surface area contributed by atoms with Gasteiger partial charge in [0.2, 0.25) is 15.9 Å². The number of hydrogen-bond acceptors (Lipinski definition) is 5. The van der Waals surface area contributed by atoms with Gasteiger partial charge < -0.3 is 14.2 Å². The van der Waals surface area contributed by atoms with Crippen LogP contribution in [0.1, 0.15) is 38.1 Å². The average molecular weight is 499 g/mol. The summed E-state index contributed by atoms with van der Waals surface area (Å²) < 4.78 is 34.8. The Morgan fingerprint density at radius 2 is 1.86 bits per heavy atom. The number of benzene rings is 2. The van der Waals surface area contributed by atoms with Crippen molar-refractivity contribution in [3.05, 3.63) is 59.9 Å². The summed E-state index contributed by atoms with van der Waals surface area (Å²) in [6.45, 7) is 6.26. The molecule has 1 atom stereocenters. The van der Waals surface area contributed by atoms with E-state index in [0.717, 1.165) is 23.3 Å². The topological polar surface area (TPSA) is 84.7 Å². The van der Waals surface area contributed by atoms with Gasteiger partial charge in [0.15, 0.2) is 0 Å². The first-order valence-electron chi connectivity index (χ1n) is 12.2. The molecule has 0 bridgehead atoms. The quantitative estimate of drug-likeness (QED) is 0.452. The molecule has 1 amide bonds. The third-order valence-electron chi connectivity index (χ3n) is 6.75. The molecule has 0 saturated carbocycles. The van der Waals surface area contributed by atoms with Crippen LogP contribution < -0.4 is 0 Å². The van der Waals surface area contributed by atoms with E-state index in [1.165, 1.54) is 4.31 Å². The third kappa shape index (κ3) is 5.58. The van der Waals surface area contributed by atoms with E-state index in [0.29, 0.717) is 51.2 Å². The molecule has 0 aliphatic carbocycles. The number of sulfonamides is 1. The zero-order valence-corrected chi connectivity index (χ0v) is 21.5. The number of imidazole rings is 1. The van der Waals surface area contributed by atoms with Crippen LogP contribution in [-0.2, 0) is 39.6 Å². The summed E-state index contributed by atoms with van der Waals surface area (Å²) in [5, 5.41) is 0. The predicted octanol–water partition coefficient (Wildman–Crippen LogP) is 3.35. The van der Waals surface area contributed by atoms with Crippen molar-refractivity contribution in [3.8, 4) is 0 Å². The van der Waals surface area contributed by atoms with Crippen molar-refractivity contribution in [1.29, 1.82) is 0 Å². The highest BCUT2D eigenvalue weighted by Gasteiger charge is 2.27. The van der Waals surface area contributed by atoms with Crippen LogP contribution in [0.4, 0.5) is 0 Å². The van der Waals surface area contributed by atoms with Crippen molar-refractivity contribution in [2.75, 3.05) is 26.3 Å². The molecule has 1 fully saturated rings. The monoisotopic (exact) mass is 498 g/mol. The van der Waals surface area contributed by atoms with Gasteiger partial charge in [-0.2, -0.15) is 4.31 Å². The predicted molar refractivity (Wildman–Crippen MR) is 135 cm³/mol. The highest BCUT2D eigenvalue weighted by Crippen LogP contribution is 2.24. The van der Waals surface area contributed by atoms with Gasteiger partial charge in [-0.3, -0.25) is 4.79 Å². The molecule has 35 heavy (non-hydrogen) atoms. The second kappa shape index (κ2) is 10.9. The number of morpholine rings is 1. The number of aryl methyl sites for hydroxylation is 2. The van der Waals surface area contributed by atoms with Crippen molar-refractivity contribution in [3.63, 3.8) is 0 Å². The zero-order valence-electron chi connectivity index (χ0n) is 20.7. The molecule has 1 aliphatic rings. The fourth-order valence-electron chi connectivity index (χ4n) is 4.40. The maximum Gasteiger partial charge on any atom is 0.243 e. The molecule has 1 saturated heterocycles. The fourth-order valence-corrected chi connectivity index (χ4v) is 5.83. The Hall–Kier alpha value is -2.75. The van der Waals surface area contributed by atoms with E-state index < -0.39 is 10.0 Å². The minimum Gasteiger partial charge on any atom is -0.379 e. The molecule has 0 N–H and O–H groups in total. The molecular formula is C26H34N4O4S. The molecular weight excluding hydrogens is 464 g/mol. The van der Waals surface area contributed by atoms with Crippen molar-refractivity contribution in [1.82, 2.24) is 18.8 Å². The molecule has 2 heterocycles. The standard InChI is InChI=1S/C26H34N4O4S/c1-4-20(2)30(19-21-8-6-5-7-9-21)26(31)13-12-25-27-23-18-22(10-11-24(23)28(25)3)35(32,33)29-14-16-34-17-15-29/h5-11,18,20H,4,12-17,19H2,1-3H3. The summed E-state index contributed by atoms with van der Waals surface area (Å²) in [7, 11) is -1.69. The summed E-state index contributed by atoms with van der Waals surface area (Å²) >= 11 is 0. The molecule has 9 heteroatoms. The number of ether oxygens (including phenoxy) is 1. The fraction of sp³-hybridized carbons (Fsp3) is 0.462. The van der Waals surface area contributed by atoms with Gasteiger partial charge in [-0.25, -0.2) is 13.4 Å². The first kappa shape index (κ1) is 25.3. The van der Waals surface area contributed by atoms with Crippen LogP contribution in [0.5, 0.6) is 0 Å². The minimum atomic E-state index is -3.59. The second-order valence-electron chi connectivity index (χ2n) is 9.02. The number of amides is 1. The number of rotatable bonds is 9. The van der Waals surface area contributed by atoms with Crippen LogP contribution in [0, 0.1) is 0 Å². The number of fused-ring (bicyclic) bond motifs is 1. The first-order chi connectivity index (χ1) is 16.8. The maximum atomic E-state index is 13.2. The number of hydrogen-bond donors (Lipinski definition) is 0. The highest BCUT2D eigenvalue weighted by molar-refractivity contribution is 7.89. The number of nitrogens with zero attached hydrogens (tertiary/aromatic N) is 4. The molecule has 0 radical (unpaired) electrons. The average Bonchev–Trinajstić information content (AvgIpc) is 3.21. The Bertz CT molecular complexity index is 1270. The normalized spacial score (nSPS) is 15.9. The van der Waals surface area contributed by atoms with Gasteiger partial charge in [0.25, 0.3) is 0 Å². The van der Waals surface area contributed by atoms with Gasteiger partial charge in [-0.1, -0.05) is 37.3 Å². The number of carbonyl (C=O) groups excluding carboxylic acids is 1. The lowest BCUT2D eigenvalue weighted by Crippen LogP contribution is -2.40. The molecule has 0 spiro atoms. The molecule has 3 aromatic rings. The maximum absolute atomic E-state index is 13.2. The van der Waals surface area contributed by atoms with Crippen molar-refractivity contribution >= 4 is 27.0 Å². The SMILES string of the molecule is CCC(C)N(Cc1ccccc1)C(=O)CCc1nc2cc(S(=O)(=O)N3CCOCC3)ccc2n1C. The van der Waals surface area contributed by atoms with E-state index >= 15 is 0 Å². The Balaban J connectivity index is 1.50. The Labute approximate surface area is 207 Å². The lowest BCUT2D eigenvalue weighted by Gasteiger charge is -2.29. The summed E-state index contributed by atoms with van der Waals surface area (Å²) in [5.74, 6) is 0.851. The Morgan fingerprint density at radius 3 is 2.54 bits per heavy atom. The first-order valence-corrected chi connectivity index (χ1v) is 13.6. The van der Waals surface area contributed by atoms with Crippen LogP contribution in [0.3, 0.4) is 0 Å². The molecule has 4 rings (SSSR count). The number of carbonyl (C=O) groups is 1. The number of aromatic nitrogens is 2. The largest absolute Gasteiger partial charge is 0.379 e. The van der Waals surface area contributed by atoms with Crippen LogP contribution in [0.25, 0.3) is 11.0 Å². The van der Waals surface area contributed by atoms with Crippen molar-refractivity contribution in [2.45, 2.75) is 50.6 Å². The van der Waals surface area contributed by atoms with Crippen LogP contribution in [-0.4, -0.2) is 65.4 Å². The summed E-state index contributed by atoms with van der Waals surface area (Å²) in [6, 6.07) is 15.2. The van der Waals surface area contributed by atoms with Crippen LogP contribution in [0.2, 0.25) is 0 Å². The summed E-state index contributed by atoms with van der Waals surface area (Å²) in [5.41, 5.74) is 2.57. The lowest BCUT2D eigenvalue weighted by molar-refractivity contribution is -0.134. The van der Waals surface area contributed by atoms with Gasteiger partial charge >= 0.3 is 0 Å². The minimum absolute atomic E-state index is 0.0887. The zero-order chi connectivity index (χ0) is 25.0. The van der Waals surface area contributed by atoms with Crippen molar-refractivity contribution < 1.29 is 17.9 Å². The smallest absolute Gasteiger partial charge is 0.243 e. The Kier molecular flexibility index (Phi) is 7.88. The summed E-state index contributed by atoms with van der Waals surface area (Å²) in [4.78, 5) is 20.1. The Morgan fingerprint density at radius 1 is 1.14 bits per heavy atom. The van der Waals surface area contributed by atoms with Gasteiger partial charge in [0.1, 0.15) is 5.82 Å². The molecule has 188 valence electrons. The van der Waals surface area contributed by atoms with E-state index in [1.807, 2.05) is 46.8 Å². The lowest BCUT2D eigenvalue weighted by atomic mass is 10.1. The van der Waals surface area contributed by atoms with Gasteiger partial charge in [-0.15, -0.1) is 0 Å². The van der Waals surface area contributed by atoms with Gasteiger partial charge in [0, 0.05) is 45.6 Å². The van der Waals surface area contributed by atoms with Crippen molar-refractivity contribution in [2.24, 2.45) is 7.05 Å². The molecule has 1 unspecified atom stereocenters. The van der Waals surface area contributed by atoms with E-state index in [2.05, 4.69) is 13.8 Å². The molecule has 1 aromatic heterocycles.